The number of hydrogen-bond donors (Lipinski definition) is 1. The molecule has 1 fully saturated rings. The monoisotopic (exact) mass is 401 g/mol. The van der Waals surface area contributed by atoms with E-state index >= 15 is 0 Å². The molecule has 1 atom stereocenters. The minimum absolute atomic E-state index is 0.0228. The van der Waals surface area contributed by atoms with Gasteiger partial charge in [-0.2, -0.15) is 0 Å². The summed E-state index contributed by atoms with van der Waals surface area (Å²) < 4.78 is 25.6. The SMILES string of the molecule is C[C@@H]1CN(Cc2ccccc2)CCN1C(=O)Cc1ccccc1NS(C)(=O)=O. The molecule has 0 aliphatic carbocycles. The summed E-state index contributed by atoms with van der Waals surface area (Å²) in [5.74, 6) is 0.0228. The molecule has 0 unspecified atom stereocenters. The number of benzene rings is 2. The fourth-order valence-electron chi connectivity index (χ4n) is 3.63. The molecule has 2 aromatic rings. The van der Waals surface area contributed by atoms with Crippen LogP contribution < -0.4 is 4.72 Å². The van der Waals surface area contributed by atoms with Crippen LogP contribution in [0.1, 0.15) is 18.1 Å². The highest BCUT2D eigenvalue weighted by molar-refractivity contribution is 7.92. The average molecular weight is 402 g/mol. The first-order chi connectivity index (χ1) is 13.3. The predicted molar refractivity (Wildman–Crippen MR) is 112 cm³/mol. The molecule has 0 radical (unpaired) electrons. The van der Waals surface area contributed by atoms with Crippen molar-refractivity contribution in [2.24, 2.45) is 0 Å². The number of amides is 1. The summed E-state index contributed by atoms with van der Waals surface area (Å²) in [6, 6.07) is 17.5. The molecule has 1 saturated heterocycles. The van der Waals surface area contributed by atoms with Gasteiger partial charge in [0.15, 0.2) is 0 Å². The summed E-state index contributed by atoms with van der Waals surface area (Å²) in [5, 5.41) is 0. The molecule has 7 heteroatoms. The van der Waals surface area contributed by atoms with E-state index in [1.807, 2.05) is 29.2 Å². The second-order valence-corrected chi connectivity index (χ2v) is 9.11. The summed E-state index contributed by atoms with van der Waals surface area (Å²) in [7, 11) is -3.39. The average Bonchev–Trinajstić information content (AvgIpc) is 2.63. The van der Waals surface area contributed by atoms with Gasteiger partial charge in [-0.25, -0.2) is 8.42 Å². The highest BCUT2D eigenvalue weighted by Gasteiger charge is 2.27. The molecule has 0 aromatic heterocycles. The third kappa shape index (κ3) is 5.56. The zero-order chi connectivity index (χ0) is 20.1. The van der Waals surface area contributed by atoms with Crippen LogP contribution in [-0.2, 0) is 27.8 Å². The number of rotatable bonds is 6. The Bertz CT molecular complexity index is 916. The lowest BCUT2D eigenvalue weighted by molar-refractivity contribution is -0.135. The molecule has 1 amide bonds. The molecule has 1 heterocycles. The second kappa shape index (κ2) is 8.75. The van der Waals surface area contributed by atoms with Crippen LogP contribution in [-0.4, -0.2) is 56.1 Å². The summed E-state index contributed by atoms with van der Waals surface area (Å²) in [6.45, 7) is 5.27. The van der Waals surface area contributed by atoms with Gasteiger partial charge in [-0.05, 0) is 24.1 Å². The Morgan fingerprint density at radius 2 is 1.75 bits per heavy atom. The maximum atomic E-state index is 12.9. The smallest absolute Gasteiger partial charge is 0.229 e. The Balaban J connectivity index is 1.62. The minimum atomic E-state index is -3.39. The number of para-hydroxylation sites is 1. The van der Waals surface area contributed by atoms with E-state index in [2.05, 4.69) is 28.7 Å². The number of nitrogens with one attached hydrogen (secondary N) is 1. The molecule has 3 rings (SSSR count). The Morgan fingerprint density at radius 3 is 2.43 bits per heavy atom. The van der Waals surface area contributed by atoms with Crippen molar-refractivity contribution in [3.05, 3.63) is 65.7 Å². The standard InChI is InChI=1S/C21H27N3O3S/c1-17-15-23(16-18-8-4-3-5-9-18)12-13-24(17)21(25)14-19-10-6-7-11-20(19)22-28(2,26)27/h3-11,17,22H,12-16H2,1-2H3/t17-/m1/s1. The van der Waals surface area contributed by atoms with Gasteiger partial charge in [0.05, 0.1) is 18.4 Å². The van der Waals surface area contributed by atoms with Crippen molar-refractivity contribution in [1.82, 2.24) is 9.80 Å². The number of nitrogens with zero attached hydrogens (tertiary/aromatic N) is 2. The molecular weight excluding hydrogens is 374 g/mol. The van der Waals surface area contributed by atoms with E-state index in [4.69, 9.17) is 0 Å². The number of piperazine rings is 1. The van der Waals surface area contributed by atoms with Crippen LogP contribution in [0.3, 0.4) is 0 Å². The summed E-state index contributed by atoms with van der Waals surface area (Å²) in [4.78, 5) is 17.2. The predicted octanol–water partition coefficient (Wildman–Crippen LogP) is 2.33. The van der Waals surface area contributed by atoms with Crippen LogP contribution in [0.5, 0.6) is 0 Å². The topological polar surface area (TPSA) is 69.7 Å². The summed E-state index contributed by atoms with van der Waals surface area (Å²) >= 11 is 0. The zero-order valence-corrected chi connectivity index (χ0v) is 17.2. The first kappa shape index (κ1) is 20.4. The van der Waals surface area contributed by atoms with Gasteiger partial charge in [0.25, 0.3) is 0 Å². The number of hydrogen-bond acceptors (Lipinski definition) is 4. The van der Waals surface area contributed by atoms with Crippen LogP contribution >= 0.6 is 0 Å². The first-order valence-electron chi connectivity index (χ1n) is 9.43. The van der Waals surface area contributed by atoms with Crippen molar-refractivity contribution in [2.45, 2.75) is 25.9 Å². The Kier molecular flexibility index (Phi) is 6.36. The first-order valence-corrected chi connectivity index (χ1v) is 11.3. The lowest BCUT2D eigenvalue weighted by atomic mass is 10.1. The van der Waals surface area contributed by atoms with Crippen LogP contribution in [0.25, 0.3) is 0 Å². The third-order valence-electron chi connectivity index (χ3n) is 4.94. The van der Waals surface area contributed by atoms with Crippen molar-refractivity contribution < 1.29 is 13.2 Å². The van der Waals surface area contributed by atoms with E-state index < -0.39 is 10.0 Å². The van der Waals surface area contributed by atoms with Gasteiger partial charge in [0, 0.05) is 32.2 Å². The van der Waals surface area contributed by atoms with Gasteiger partial charge in [-0.1, -0.05) is 48.5 Å². The highest BCUT2D eigenvalue weighted by atomic mass is 32.2. The molecule has 1 N–H and O–H groups in total. The molecule has 6 nitrogen and oxygen atoms in total. The van der Waals surface area contributed by atoms with E-state index in [-0.39, 0.29) is 18.4 Å². The number of carbonyl (C=O) groups is 1. The molecule has 28 heavy (non-hydrogen) atoms. The third-order valence-corrected chi connectivity index (χ3v) is 5.53. The van der Waals surface area contributed by atoms with Gasteiger partial charge in [-0.15, -0.1) is 0 Å². The van der Waals surface area contributed by atoms with Crippen LogP contribution in [0, 0.1) is 0 Å². The van der Waals surface area contributed by atoms with Crippen molar-refractivity contribution >= 4 is 21.6 Å². The second-order valence-electron chi connectivity index (χ2n) is 7.37. The molecule has 2 aromatic carbocycles. The summed E-state index contributed by atoms with van der Waals surface area (Å²) in [6.07, 6.45) is 1.29. The highest BCUT2D eigenvalue weighted by Crippen LogP contribution is 2.20. The molecule has 0 saturated carbocycles. The van der Waals surface area contributed by atoms with E-state index in [0.717, 1.165) is 25.9 Å². The van der Waals surface area contributed by atoms with Gasteiger partial charge in [0.2, 0.25) is 15.9 Å². The van der Waals surface area contributed by atoms with E-state index in [0.29, 0.717) is 17.8 Å². The van der Waals surface area contributed by atoms with Gasteiger partial charge in [-0.3, -0.25) is 14.4 Å². The molecule has 1 aliphatic heterocycles. The Morgan fingerprint density at radius 1 is 1.07 bits per heavy atom. The van der Waals surface area contributed by atoms with E-state index in [1.54, 1.807) is 18.2 Å². The number of sulfonamides is 1. The molecule has 0 bridgehead atoms. The molecule has 150 valence electrons. The van der Waals surface area contributed by atoms with Gasteiger partial charge >= 0.3 is 0 Å². The number of carbonyl (C=O) groups excluding carboxylic acids is 1. The fraction of sp³-hybridized carbons (Fsp3) is 0.381. The van der Waals surface area contributed by atoms with Crippen LogP contribution in [0.4, 0.5) is 5.69 Å². The Hall–Kier alpha value is -2.38. The molecule has 1 aliphatic rings. The lowest BCUT2D eigenvalue weighted by Gasteiger charge is -2.40. The van der Waals surface area contributed by atoms with Crippen LogP contribution in [0.15, 0.2) is 54.6 Å². The van der Waals surface area contributed by atoms with E-state index in [9.17, 15) is 13.2 Å². The largest absolute Gasteiger partial charge is 0.337 e. The zero-order valence-electron chi connectivity index (χ0n) is 16.3. The van der Waals surface area contributed by atoms with Gasteiger partial charge < -0.3 is 4.90 Å². The maximum absolute atomic E-state index is 12.9. The summed E-state index contributed by atoms with van der Waals surface area (Å²) in [5.41, 5.74) is 2.43. The number of anilines is 1. The normalized spacial score (nSPS) is 18.1. The fourth-order valence-corrected chi connectivity index (χ4v) is 4.23. The lowest BCUT2D eigenvalue weighted by Crippen LogP contribution is -2.54. The van der Waals surface area contributed by atoms with Crippen molar-refractivity contribution in [2.75, 3.05) is 30.6 Å². The van der Waals surface area contributed by atoms with Crippen molar-refractivity contribution in [3.8, 4) is 0 Å². The minimum Gasteiger partial charge on any atom is -0.337 e. The van der Waals surface area contributed by atoms with Gasteiger partial charge in [0.1, 0.15) is 0 Å². The Labute approximate surface area is 167 Å². The van der Waals surface area contributed by atoms with E-state index in [1.165, 1.54) is 5.56 Å². The molecule has 0 spiro atoms. The molecular formula is C21H27N3O3S. The maximum Gasteiger partial charge on any atom is 0.229 e. The van der Waals surface area contributed by atoms with Crippen LogP contribution in [0.2, 0.25) is 0 Å². The van der Waals surface area contributed by atoms with Crippen molar-refractivity contribution in [3.63, 3.8) is 0 Å². The quantitative estimate of drug-likeness (QED) is 0.807. The van der Waals surface area contributed by atoms with Crippen molar-refractivity contribution in [1.29, 1.82) is 0 Å².